The average molecular weight is 297 g/mol. The zero-order chi connectivity index (χ0) is 12.3. The van der Waals surface area contributed by atoms with Crippen molar-refractivity contribution in [2.24, 2.45) is 0 Å². The third-order valence-electron chi connectivity index (χ3n) is 2.41. The Labute approximate surface area is 107 Å². The standard InChI is InChI=1S/C12H13BrN2O2/c1-2-5-14-12(16)7-10-9-4-3-8(13)6-11(9)17-15-10/h3-4,6H,2,5,7H2,1H3,(H,14,16). The van der Waals surface area contributed by atoms with Crippen molar-refractivity contribution in [3.05, 3.63) is 28.4 Å². The predicted molar refractivity (Wildman–Crippen MR) is 68.7 cm³/mol. The lowest BCUT2D eigenvalue weighted by Crippen LogP contribution is -2.25. The van der Waals surface area contributed by atoms with Gasteiger partial charge in [-0.15, -0.1) is 0 Å². The van der Waals surface area contributed by atoms with E-state index < -0.39 is 0 Å². The molecule has 90 valence electrons. The smallest absolute Gasteiger partial charge is 0.226 e. The van der Waals surface area contributed by atoms with Crippen LogP contribution in [0.25, 0.3) is 11.0 Å². The van der Waals surface area contributed by atoms with Crippen LogP contribution in [0.2, 0.25) is 0 Å². The molecule has 1 N–H and O–H groups in total. The van der Waals surface area contributed by atoms with Crippen molar-refractivity contribution in [3.63, 3.8) is 0 Å². The van der Waals surface area contributed by atoms with E-state index in [1.165, 1.54) is 0 Å². The molecule has 0 saturated carbocycles. The van der Waals surface area contributed by atoms with Crippen molar-refractivity contribution >= 4 is 32.8 Å². The van der Waals surface area contributed by atoms with Gasteiger partial charge in [0.25, 0.3) is 0 Å². The minimum Gasteiger partial charge on any atom is -0.356 e. The van der Waals surface area contributed by atoms with Crippen molar-refractivity contribution in [1.82, 2.24) is 10.5 Å². The first kappa shape index (κ1) is 12.1. The van der Waals surface area contributed by atoms with E-state index >= 15 is 0 Å². The Morgan fingerprint density at radius 3 is 3.12 bits per heavy atom. The molecule has 1 aromatic heterocycles. The van der Waals surface area contributed by atoms with Crippen LogP contribution in [0.3, 0.4) is 0 Å². The van der Waals surface area contributed by atoms with Gasteiger partial charge in [-0.25, -0.2) is 0 Å². The van der Waals surface area contributed by atoms with Crippen molar-refractivity contribution in [3.8, 4) is 0 Å². The maximum absolute atomic E-state index is 11.6. The molecule has 2 aromatic rings. The number of hydrogen-bond acceptors (Lipinski definition) is 3. The molecule has 4 nitrogen and oxygen atoms in total. The van der Waals surface area contributed by atoms with Gasteiger partial charge in [-0.3, -0.25) is 4.79 Å². The van der Waals surface area contributed by atoms with Gasteiger partial charge in [0, 0.05) is 16.4 Å². The molecule has 0 saturated heterocycles. The van der Waals surface area contributed by atoms with Crippen LogP contribution in [0.5, 0.6) is 0 Å². The lowest BCUT2D eigenvalue weighted by atomic mass is 10.1. The Hall–Kier alpha value is -1.36. The molecule has 0 fully saturated rings. The van der Waals surface area contributed by atoms with Gasteiger partial charge in [-0.1, -0.05) is 28.0 Å². The van der Waals surface area contributed by atoms with Gasteiger partial charge in [0.1, 0.15) is 5.69 Å². The number of rotatable bonds is 4. The predicted octanol–water partition coefficient (Wildman–Crippen LogP) is 2.66. The van der Waals surface area contributed by atoms with E-state index in [2.05, 4.69) is 26.4 Å². The van der Waals surface area contributed by atoms with E-state index in [-0.39, 0.29) is 12.3 Å². The minimum absolute atomic E-state index is 0.0232. The molecular weight excluding hydrogens is 284 g/mol. The summed E-state index contributed by atoms with van der Waals surface area (Å²) < 4.78 is 6.11. The molecule has 1 aromatic carbocycles. The van der Waals surface area contributed by atoms with Crippen molar-refractivity contribution in [2.45, 2.75) is 19.8 Å². The Morgan fingerprint density at radius 2 is 2.35 bits per heavy atom. The van der Waals surface area contributed by atoms with E-state index in [4.69, 9.17) is 4.52 Å². The molecule has 17 heavy (non-hydrogen) atoms. The number of amides is 1. The summed E-state index contributed by atoms with van der Waals surface area (Å²) >= 11 is 3.36. The van der Waals surface area contributed by atoms with Gasteiger partial charge >= 0.3 is 0 Å². The van der Waals surface area contributed by atoms with Crippen LogP contribution < -0.4 is 5.32 Å². The summed E-state index contributed by atoms with van der Waals surface area (Å²) in [4.78, 5) is 11.6. The summed E-state index contributed by atoms with van der Waals surface area (Å²) in [6, 6.07) is 5.65. The van der Waals surface area contributed by atoms with Crippen molar-refractivity contribution in [2.75, 3.05) is 6.54 Å². The van der Waals surface area contributed by atoms with Crippen LogP contribution in [0.4, 0.5) is 0 Å². The fourth-order valence-corrected chi connectivity index (χ4v) is 1.91. The van der Waals surface area contributed by atoms with Crippen LogP contribution in [0, 0.1) is 0 Å². The SMILES string of the molecule is CCCNC(=O)Cc1noc2cc(Br)ccc12. The largest absolute Gasteiger partial charge is 0.356 e. The van der Waals surface area contributed by atoms with E-state index in [1.807, 2.05) is 25.1 Å². The number of halogens is 1. The topological polar surface area (TPSA) is 55.1 Å². The van der Waals surface area contributed by atoms with Crippen LogP contribution in [0.15, 0.2) is 27.2 Å². The molecule has 0 atom stereocenters. The first-order valence-corrected chi connectivity index (χ1v) is 6.30. The number of carbonyl (C=O) groups excluding carboxylic acids is 1. The molecule has 5 heteroatoms. The third kappa shape index (κ3) is 2.85. The monoisotopic (exact) mass is 296 g/mol. The van der Waals surface area contributed by atoms with E-state index in [0.29, 0.717) is 17.8 Å². The zero-order valence-corrected chi connectivity index (χ0v) is 11.1. The quantitative estimate of drug-likeness (QED) is 0.944. The van der Waals surface area contributed by atoms with Crippen molar-refractivity contribution in [1.29, 1.82) is 0 Å². The Kier molecular flexibility index (Phi) is 3.78. The van der Waals surface area contributed by atoms with Crippen LogP contribution in [-0.4, -0.2) is 17.6 Å². The van der Waals surface area contributed by atoms with Crippen LogP contribution in [-0.2, 0) is 11.2 Å². The number of aromatic nitrogens is 1. The Morgan fingerprint density at radius 1 is 1.53 bits per heavy atom. The van der Waals surface area contributed by atoms with Crippen LogP contribution >= 0.6 is 15.9 Å². The van der Waals surface area contributed by atoms with Gasteiger partial charge in [-0.05, 0) is 24.6 Å². The van der Waals surface area contributed by atoms with Gasteiger partial charge in [0.05, 0.1) is 6.42 Å². The summed E-state index contributed by atoms with van der Waals surface area (Å²) in [6.45, 7) is 2.71. The highest BCUT2D eigenvalue weighted by Gasteiger charge is 2.11. The second-order valence-corrected chi connectivity index (χ2v) is 4.71. The summed E-state index contributed by atoms with van der Waals surface area (Å²) in [7, 11) is 0. The summed E-state index contributed by atoms with van der Waals surface area (Å²) in [5.74, 6) is -0.0232. The number of nitrogens with one attached hydrogen (secondary N) is 1. The van der Waals surface area contributed by atoms with Gasteiger partial charge < -0.3 is 9.84 Å². The average Bonchev–Trinajstić information content (AvgIpc) is 2.69. The summed E-state index contributed by atoms with van der Waals surface area (Å²) in [5.41, 5.74) is 1.37. The van der Waals surface area contributed by atoms with E-state index in [9.17, 15) is 4.79 Å². The van der Waals surface area contributed by atoms with E-state index in [1.54, 1.807) is 0 Å². The maximum Gasteiger partial charge on any atom is 0.226 e. The van der Waals surface area contributed by atoms with E-state index in [0.717, 1.165) is 16.3 Å². The molecule has 0 aliphatic rings. The Bertz CT molecular complexity index is 536. The zero-order valence-electron chi connectivity index (χ0n) is 9.50. The maximum atomic E-state index is 11.6. The van der Waals surface area contributed by atoms with Crippen LogP contribution in [0.1, 0.15) is 19.0 Å². The highest BCUT2D eigenvalue weighted by molar-refractivity contribution is 9.10. The number of carbonyl (C=O) groups is 1. The molecular formula is C12H13BrN2O2. The lowest BCUT2D eigenvalue weighted by molar-refractivity contribution is -0.120. The number of nitrogens with zero attached hydrogens (tertiary/aromatic N) is 1. The molecule has 0 bridgehead atoms. The third-order valence-corrected chi connectivity index (χ3v) is 2.90. The summed E-state index contributed by atoms with van der Waals surface area (Å²) in [6.07, 6.45) is 1.19. The lowest BCUT2D eigenvalue weighted by Gasteiger charge is -2.00. The molecule has 0 aliphatic heterocycles. The van der Waals surface area contributed by atoms with Crippen molar-refractivity contribution < 1.29 is 9.32 Å². The Balaban J connectivity index is 2.16. The molecule has 0 unspecified atom stereocenters. The molecule has 0 aliphatic carbocycles. The van der Waals surface area contributed by atoms with Gasteiger partial charge in [0.15, 0.2) is 5.58 Å². The summed E-state index contributed by atoms with van der Waals surface area (Å²) in [5, 5.41) is 7.63. The van der Waals surface area contributed by atoms with Gasteiger partial charge in [0.2, 0.25) is 5.91 Å². The fourth-order valence-electron chi connectivity index (χ4n) is 1.57. The first-order valence-electron chi connectivity index (χ1n) is 5.51. The minimum atomic E-state index is -0.0232. The number of hydrogen-bond donors (Lipinski definition) is 1. The molecule has 1 heterocycles. The number of benzene rings is 1. The second kappa shape index (κ2) is 5.31. The highest BCUT2D eigenvalue weighted by Crippen LogP contribution is 2.22. The normalized spacial score (nSPS) is 10.7. The first-order chi connectivity index (χ1) is 8.20. The van der Waals surface area contributed by atoms with Gasteiger partial charge in [-0.2, -0.15) is 0 Å². The molecule has 0 radical (unpaired) electrons. The molecule has 0 spiro atoms. The fraction of sp³-hybridized carbons (Fsp3) is 0.333. The number of fused-ring (bicyclic) bond motifs is 1. The molecule has 1 amide bonds. The molecule has 2 rings (SSSR count). The highest BCUT2D eigenvalue weighted by atomic mass is 79.9. The second-order valence-electron chi connectivity index (χ2n) is 3.80.